The number of aryl methyl sites for hydroxylation is 2. The summed E-state index contributed by atoms with van der Waals surface area (Å²) in [6.07, 6.45) is 2.83. The lowest BCUT2D eigenvalue weighted by Gasteiger charge is -2.11. The number of thiophene rings is 3. The first-order chi connectivity index (χ1) is 16.3. The summed E-state index contributed by atoms with van der Waals surface area (Å²) >= 11 is 5.75. The van der Waals surface area contributed by atoms with E-state index in [9.17, 15) is 0 Å². The average molecular weight is 501 g/mol. The van der Waals surface area contributed by atoms with Crippen LogP contribution in [0.15, 0.2) is 36.7 Å². The maximum atomic E-state index is 4.85. The van der Waals surface area contributed by atoms with Gasteiger partial charge in [-0.05, 0) is 60.9 Å². The number of hydrogen-bond donors (Lipinski definition) is 0. The smallest absolute Gasteiger partial charge is 0.116 e. The van der Waals surface area contributed by atoms with Crippen LogP contribution in [0.2, 0.25) is 0 Å². The molecule has 172 valence electrons. The summed E-state index contributed by atoms with van der Waals surface area (Å²) in [4.78, 5) is 11.0. The number of nitrogens with zero attached hydrogens (tertiary/aromatic N) is 2. The summed E-state index contributed by atoms with van der Waals surface area (Å²) in [6, 6.07) is 11.4. The van der Waals surface area contributed by atoms with Gasteiger partial charge in [0.05, 0.1) is 20.6 Å². The summed E-state index contributed by atoms with van der Waals surface area (Å²) < 4.78 is 6.84. The van der Waals surface area contributed by atoms with E-state index in [-0.39, 0.29) is 0 Å². The zero-order valence-electron chi connectivity index (χ0n) is 20.4. The van der Waals surface area contributed by atoms with Crippen molar-refractivity contribution >= 4 is 73.8 Å². The molecule has 0 saturated carbocycles. The first-order valence-electron chi connectivity index (χ1n) is 11.9. The fraction of sp³-hybridized carbons (Fsp3) is 0.310. The molecule has 4 aromatic heterocycles. The molecule has 5 heteroatoms. The number of rotatable bonds is 4. The molecule has 0 radical (unpaired) electrons. The van der Waals surface area contributed by atoms with E-state index in [2.05, 4.69) is 71.9 Å². The van der Waals surface area contributed by atoms with Gasteiger partial charge in [0, 0.05) is 35.3 Å². The highest BCUT2D eigenvalue weighted by Crippen LogP contribution is 2.47. The lowest BCUT2D eigenvalue weighted by atomic mass is 9.95. The van der Waals surface area contributed by atoms with Gasteiger partial charge in [0.25, 0.3) is 0 Å². The van der Waals surface area contributed by atoms with Crippen molar-refractivity contribution in [3.63, 3.8) is 0 Å². The van der Waals surface area contributed by atoms with E-state index in [0.29, 0.717) is 11.8 Å². The molecule has 2 aromatic carbocycles. The first-order valence-corrected chi connectivity index (χ1v) is 14.4. The quantitative estimate of drug-likeness (QED) is 0.241. The fourth-order valence-corrected chi connectivity index (χ4v) is 9.05. The standard InChI is InChI=1S/C29H28N2S3/c1-14(2)10-18-8-7-9-20-25-29(34-27(18)20)24(30-13-31-25)19-11-21(15(3)4)23-22(12-19)33-26-16(5)17(6)32-28(23)26/h7-9,11-15H,10H2,1-6H3. The summed E-state index contributed by atoms with van der Waals surface area (Å²) in [6.45, 7) is 13.7. The Kier molecular flexibility index (Phi) is 5.28. The maximum absolute atomic E-state index is 4.85. The maximum Gasteiger partial charge on any atom is 0.116 e. The van der Waals surface area contributed by atoms with Crippen LogP contribution in [-0.2, 0) is 6.42 Å². The van der Waals surface area contributed by atoms with Crippen LogP contribution in [0.1, 0.15) is 55.2 Å². The van der Waals surface area contributed by atoms with Gasteiger partial charge < -0.3 is 0 Å². The van der Waals surface area contributed by atoms with Gasteiger partial charge in [0.15, 0.2) is 0 Å². The molecule has 0 atom stereocenters. The van der Waals surface area contributed by atoms with Crippen LogP contribution in [0.5, 0.6) is 0 Å². The topological polar surface area (TPSA) is 25.8 Å². The van der Waals surface area contributed by atoms with E-state index in [1.54, 1.807) is 6.33 Å². The molecular weight excluding hydrogens is 473 g/mol. The van der Waals surface area contributed by atoms with Gasteiger partial charge in [0.2, 0.25) is 0 Å². The minimum atomic E-state index is 0.445. The van der Waals surface area contributed by atoms with E-state index < -0.39 is 0 Å². The number of fused-ring (bicyclic) bond motifs is 6. The average Bonchev–Trinajstić information content (AvgIpc) is 3.44. The van der Waals surface area contributed by atoms with Crippen molar-refractivity contribution in [2.24, 2.45) is 5.92 Å². The molecule has 0 aliphatic carbocycles. The highest BCUT2D eigenvalue weighted by Gasteiger charge is 2.21. The van der Waals surface area contributed by atoms with Crippen molar-refractivity contribution in [3.8, 4) is 11.3 Å². The van der Waals surface area contributed by atoms with E-state index in [1.807, 2.05) is 34.0 Å². The molecule has 0 aliphatic heterocycles. The van der Waals surface area contributed by atoms with Gasteiger partial charge in [-0.1, -0.05) is 45.9 Å². The van der Waals surface area contributed by atoms with E-state index in [1.165, 1.54) is 61.4 Å². The molecule has 0 unspecified atom stereocenters. The molecule has 0 aliphatic rings. The predicted molar refractivity (Wildman–Crippen MR) is 153 cm³/mol. The third-order valence-corrected chi connectivity index (χ3v) is 10.7. The molecule has 0 N–H and O–H groups in total. The lowest BCUT2D eigenvalue weighted by Crippen LogP contribution is -1.93. The van der Waals surface area contributed by atoms with Crippen molar-refractivity contribution in [1.29, 1.82) is 0 Å². The fourth-order valence-electron chi connectivity index (χ4n) is 5.02. The Balaban J connectivity index is 1.64. The van der Waals surface area contributed by atoms with E-state index in [4.69, 9.17) is 9.97 Å². The largest absolute Gasteiger partial charge is 0.235 e. The van der Waals surface area contributed by atoms with Gasteiger partial charge in [-0.3, -0.25) is 0 Å². The third-order valence-electron chi connectivity index (χ3n) is 6.79. The Morgan fingerprint density at radius 3 is 2.44 bits per heavy atom. The summed E-state index contributed by atoms with van der Waals surface area (Å²) in [5.41, 5.74) is 7.64. The molecule has 6 aromatic rings. The van der Waals surface area contributed by atoms with Gasteiger partial charge in [-0.2, -0.15) is 0 Å². The molecular formula is C29H28N2S3. The van der Waals surface area contributed by atoms with Gasteiger partial charge in [-0.25, -0.2) is 9.97 Å². The molecule has 34 heavy (non-hydrogen) atoms. The van der Waals surface area contributed by atoms with E-state index >= 15 is 0 Å². The molecule has 2 nitrogen and oxygen atoms in total. The molecule has 0 spiro atoms. The number of benzene rings is 2. The van der Waals surface area contributed by atoms with Crippen LogP contribution in [-0.4, -0.2) is 9.97 Å². The molecule has 0 amide bonds. The number of hydrogen-bond acceptors (Lipinski definition) is 5. The second-order valence-corrected chi connectivity index (χ2v) is 13.3. The monoisotopic (exact) mass is 500 g/mol. The summed E-state index contributed by atoms with van der Waals surface area (Å²) in [5, 5.41) is 2.70. The Hall–Kier alpha value is -2.34. The highest BCUT2D eigenvalue weighted by atomic mass is 32.1. The Labute approximate surface area is 212 Å². The van der Waals surface area contributed by atoms with Crippen molar-refractivity contribution in [2.75, 3.05) is 0 Å². The molecule has 0 bridgehead atoms. The second-order valence-electron chi connectivity index (χ2n) is 10.0. The Bertz CT molecular complexity index is 1710. The zero-order valence-corrected chi connectivity index (χ0v) is 22.9. The zero-order chi connectivity index (χ0) is 23.7. The van der Waals surface area contributed by atoms with Crippen molar-refractivity contribution in [2.45, 2.75) is 53.9 Å². The minimum Gasteiger partial charge on any atom is -0.235 e. The van der Waals surface area contributed by atoms with Crippen LogP contribution in [0.3, 0.4) is 0 Å². The molecule has 0 saturated heterocycles. The molecule has 6 rings (SSSR count). The van der Waals surface area contributed by atoms with Crippen molar-refractivity contribution < 1.29 is 0 Å². The Morgan fingerprint density at radius 2 is 1.68 bits per heavy atom. The van der Waals surface area contributed by atoms with Crippen molar-refractivity contribution in [1.82, 2.24) is 9.97 Å². The second kappa shape index (κ2) is 8.11. The van der Waals surface area contributed by atoms with Crippen molar-refractivity contribution in [3.05, 3.63) is 58.2 Å². The van der Waals surface area contributed by atoms with Crippen LogP contribution in [0.25, 0.3) is 51.0 Å². The minimum absolute atomic E-state index is 0.445. The SMILES string of the molecule is Cc1sc2c(sc3cc(-c4ncnc5c4sc4c(CC(C)C)cccc45)cc(C(C)C)c32)c1C. The summed E-state index contributed by atoms with van der Waals surface area (Å²) in [5.74, 6) is 1.07. The predicted octanol–water partition coefficient (Wildman–Crippen LogP) is 9.88. The van der Waals surface area contributed by atoms with Crippen LogP contribution in [0, 0.1) is 19.8 Å². The molecule has 0 fully saturated rings. The first kappa shape index (κ1) is 22.1. The van der Waals surface area contributed by atoms with Crippen LogP contribution in [0.4, 0.5) is 0 Å². The van der Waals surface area contributed by atoms with E-state index in [0.717, 1.165) is 17.6 Å². The van der Waals surface area contributed by atoms with Gasteiger partial charge >= 0.3 is 0 Å². The Morgan fingerprint density at radius 1 is 0.853 bits per heavy atom. The lowest BCUT2D eigenvalue weighted by molar-refractivity contribution is 0.650. The third kappa shape index (κ3) is 3.32. The van der Waals surface area contributed by atoms with Crippen LogP contribution >= 0.6 is 34.0 Å². The molecule has 4 heterocycles. The van der Waals surface area contributed by atoms with Gasteiger partial charge in [-0.15, -0.1) is 34.0 Å². The highest BCUT2D eigenvalue weighted by molar-refractivity contribution is 7.33. The summed E-state index contributed by atoms with van der Waals surface area (Å²) in [7, 11) is 0. The van der Waals surface area contributed by atoms with Gasteiger partial charge in [0.1, 0.15) is 6.33 Å². The van der Waals surface area contributed by atoms with Crippen LogP contribution < -0.4 is 0 Å². The normalized spacial score (nSPS) is 12.5. The number of aromatic nitrogens is 2.